The highest BCUT2D eigenvalue weighted by Gasteiger charge is 2.35. The van der Waals surface area contributed by atoms with Gasteiger partial charge < -0.3 is 4.40 Å². The predicted octanol–water partition coefficient (Wildman–Crippen LogP) is 0.932. The zero-order chi connectivity index (χ0) is 13.6. The Bertz CT molecular complexity index is 745. The Kier molecular flexibility index (Phi) is 2.38. The minimum Gasteiger partial charge on any atom is -0.306 e. The van der Waals surface area contributed by atoms with Gasteiger partial charge in [-0.3, -0.25) is 5.10 Å². The molecule has 0 aliphatic heterocycles. The molecule has 0 saturated carbocycles. The van der Waals surface area contributed by atoms with Crippen LogP contribution in [0.5, 0.6) is 0 Å². The number of rotatable bonds is 1. The van der Waals surface area contributed by atoms with Gasteiger partial charge in [-0.05, 0) is 6.07 Å². The molecule has 3 aromatic heterocycles. The fourth-order valence-corrected chi connectivity index (χ4v) is 1.61. The van der Waals surface area contributed by atoms with Gasteiger partial charge in [-0.2, -0.15) is 18.3 Å². The average Bonchev–Trinajstić information content (AvgIpc) is 2.92. The molecule has 3 rings (SSSR count). The van der Waals surface area contributed by atoms with Gasteiger partial charge in [0.05, 0.1) is 0 Å². The summed E-state index contributed by atoms with van der Waals surface area (Å²) in [5.74, 6) is -1.27. The van der Waals surface area contributed by atoms with E-state index in [-0.39, 0.29) is 11.5 Å². The quantitative estimate of drug-likeness (QED) is 0.664. The van der Waals surface area contributed by atoms with Crippen molar-refractivity contribution in [1.82, 2.24) is 24.6 Å². The molecular weight excluding hydrogens is 258 g/mol. The number of aromatic amines is 1. The first kappa shape index (κ1) is 11.8. The lowest BCUT2D eigenvalue weighted by atomic mass is 9.98. The van der Waals surface area contributed by atoms with E-state index in [1.165, 1.54) is 6.20 Å². The number of nitrogens with one attached hydrogen (secondary N) is 1. The van der Waals surface area contributed by atoms with Crippen LogP contribution in [0.4, 0.5) is 13.2 Å². The van der Waals surface area contributed by atoms with Crippen LogP contribution in [0.2, 0.25) is 0 Å². The Morgan fingerprint density at radius 1 is 1.26 bits per heavy atom. The fourth-order valence-electron chi connectivity index (χ4n) is 1.61. The van der Waals surface area contributed by atoms with Crippen molar-refractivity contribution >= 4 is 19.0 Å². The maximum absolute atomic E-state index is 12.4. The molecule has 9 heteroatoms. The van der Waals surface area contributed by atoms with Crippen molar-refractivity contribution in [3.63, 3.8) is 0 Å². The van der Waals surface area contributed by atoms with E-state index in [4.69, 9.17) is 7.85 Å². The smallest absolute Gasteiger partial charge is 0.306 e. The van der Waals surface area contributed by atoms with Crippen LogP contribution in [0.15, 0.2) is 24.5 Å². The van der Waals surface area contributed by atoms with Gasteiger partial charge in [0.1, 0.15) is 19.2 Å². The Morgan fingerprint density at radius 2 is 2.05 bits per heavy atom. The number of fused-ring (bicyclic) bond motifs is 1. The first-order chi connectivity index (χ1) is 8.93. The molecule has 94 valence electrons. The summed E-state index contributed by atoms with van der Waals surface area (Å²) in [5.41, 5.74) is 1.25. The number of nitrogens with zero attached hydrogens (tertiary/aromatic N) is 4. The molecule has 0 bridgehead atoms. The molecule has 0 unspecified atom stereocenters. The van der Waals surface area contributed by atoms with Crippen LogP contribution in [0.1, 0.15) is 5.82 Å². The lowest BCUT2D eigenvalue weighted by Crippen LogP contribution is -2.07. The molecule has 0 amide bonds. The molecule has 0 fully saturated rings. The van der Waals surface area contributed by atoms with Crippen LogP contribution < -0.4 is 5.46 Å². The molecule has 3 aromatic rings. The van der Waals surface area contributed by atoms with Crippen LogP contribution in [0.3, 0.4) is 0 Å². The molecule has 0 saturated heterocycles. The Balaban J connectivity index is 2.07. The lowest BCUT2D eigenvalue weighted by Gasteiger charge is -1.97. The maximum atomic E-state index is 12.4. The third kappa shape index (κ3) is 2.07. The monoisotopic (exact) mass is 263 g/mol. The molecule has 3 heterocycles. The van der Waals surface area contributed by atoms with Crippen LogP contribution >= 0.6 is 0 Å². The third-order valence-electron chi connectivity index (χ3n) is 2.47. The number of alkyl halides is 3. The van der Waals surface area contributed by atoms with Crippen LogP contribution in [-0.2, 0) is 6.18 Å². The number of H-pyrrole nitrogens is 1. The van der Waals surface area contributed by atoms with Crippen molar-refractivity contribution in [1.29, 1.82) is 0 Å². The topological polar surface area (TPSA) is 58.9 Å². The van der Waals surface area contributed by atoms with E-state index in [0.717, 1.165) is 0 Å². The van der Waals surface area contributed by atoms with Gasteiger partial charge >= 0.3 is 6.18 Å². The number of aromatic nitrogens is 5. The van der Waals surface area contributed by atoms with Crippen LogP contribution in [-0.4, -0.2) is 32.4 Å². The number of halogens is 3. The highest BCUT2D eigenvalue weighted by Crippen LogP contribution is 2.27. The fraction of sp³-hybridized carbons (Fsp3) is 0.100. The summed E-state index contributed by atoms with van der Waals surface area (Å²) in [4.78, 5) is 7.48. The van der Waals surface area contributed by atoms with E-state index in [0.29, 0.717) is 11.1 Å². The molecule has 0 aromatic carbocycles. The van der Waals surface area contributed by atoms with Crippen LogP contribution in [0.25, 0.3) is 17.2 Å². The molecule has 0 spiro atoms. The minimum atomic E-state index is -4.56. The van der Waals surface area contributed by atoms with Crippen molar-refractivity contribution in [2.75, 3.05) is 0 Å². The SMILES string of the molecule is [B]c1ccn2cc(-c3n[nH]c(C(F)(F)F)n3)nc2c1. The van der Waals surface area contributed by atoms with Gasteiger partial charge in [-0.15, -0.1) is 0 Å². The van der Waals surface area contributed by atoms with Gasteiger partial charge in [0, 0.05) is 12.4 Å². The summed E-state index contributed by atoms with van der Waals surface area (Å²) in [6.07, 6.45) is -1.38. The third-order valence-corrected chi connectivity index (χ3v) is 2.47. The minimum absolute atomic E-state index is 0.116. The highest BCUT2D eigenvalue weighted by molar-refractivity contribution is 6.32. The van der Waals surface area contributed by atoms with Crippen molar-refractivity contribution < 1.29 is 13.2 Å². The summed E-state index contributed by atoms with van der Waals surface area (Å²) in [7, 11) is 5.59. The van der Waals surface area contributed by atoms with Crippen molar-refractivity contribution in [3.8, 4) is 11.5 Å². The van der Waals surface area contributed by atoms with Gasteiger partial charge in [0.2, 0.25) is 11.6 Å². The van der Waals surface area contributed by atoms with E-state index < -0.39 is 12.0 Å². The number of pyridine rings is 1. The first-order valence-electron chi connectivity index (χ1n) is 5.18. The molecular formula is C10H5BF3N5. The highest BCUT2D eigenvalue weighted by atomic mass is 19.4. The van der Waals surface area contributed by atoms with E-state index in [2.05, 4.69) is 15.1 Å². The molecule has 0 aliphatic carbocycles. The van der Waals surface area contributed by atoms with E-state index in [1.54, 1.807) is 22.7 Å². The molecule has 5 nitrogen and oxygen atoms in total. The van der Waals surface area contributed by atoms with Gasteiger partial charge in [-0.25, -0.2) is 9.97 Å². The lowest BCUT2D eigenvalue weighted by molar-refractivity contribution is -0.144. The zero-order valence-corrected chi connectivity index (χ0v) is 9.31. The summed E-state index contributed by atoms with van der Waals surface area (Å²) in [5, 5.41) is 5.35. The number of hydrogen-bond acceptors (Lipinski definition) is 3. The standard InChI is InChI=1S/C10H5BF3N5/c11-5-1-2-19-4-6(15-7(19)3-5)8-16-9(18-17-8)10(12,13)14/h1-4H,(H,16,17,18). The summed E-state index contributed by atoms with van der Waals surface area (Å²) >= 11 is 0. The van der Waals surface area contributed by atoms with Gasteiger partial charge in [0.25, 0.3) is 0 Å². The average molecular weight is 263 g/mol. The van der Waals surface area contributed by atoms with E-state index in [1.807, 2.05) is 5.10 Å². The predicted molar refractivity (Wildman–Crippen MR) is 61.0 cm³/mol. The second-order valence-electron chi connectivity index (χ2n) is 3.86. The maximum Gasteiger partial charge on any atom is 0.451 e. The second kappa shape index (κ2) is 3.84. The summed E-state index contributed by atoms with van der Waals surface area (Å²) in [6.45, 7) is 0. The van der Waals surface area contributed by atoms with Crippen molar-refractivity contribution in [2.45, 2.75) is 6.18 Å². The van der Waals surface area contributed by atoms with Crippen molar-refractivity contribution in [3.05, 3.63) is 30.4 Å². The first-order valence-corrected chi connectivity index (χ1v) is 5.18. The Hall–Kier alpha value is -2.32. The summed E-state index contributed by atoms with van der Waals surface area (Å²) < 4.78 is 38.8. The number of hydrogen-bond donors (Lipinski definition) is 1. The molecule has 1 N–H and O–H groups in total. The summed E-state index contributed by atoms with van der Waals surface area (Å²) in [6, 6.07) is 3.25. The van der Waals surface area contributed by atoms with E-state index in [9.17, 15) is 13.2 Å². The number of imidazole rings is 1. The normalized spacial score (nSPS) is 12.2. The Morgan fingerprint density at radius 3 is 2.74 bits per heavy atom. The molecule has 0 aliphatic rings. The Labute approximate surface area is 105 Å². The van der Waals surface area contributed by atoms with Gasteiger partial charge in [-0.1, -0.05) is 11.5 Å². The van der Waals surface area contributed by atoms with Crippen molar-refractivity contribution in [2.24, 2.45) is 0 Å². The van der Waals surface area contributed by atoms with Crippen LogP contribution in [0, 0.1) is 0 Å². The molecule has 2 radical (unpaired) electrons. The van der Waals surface area contributed by atoms with E-state index >= 15 is 0 Å². The largest absolute Gasteiger partial charge is 0.451 e. The molecule has 19 heavy (non-hydrogen) atoms. The zero-order valence-electron chi connectivity index (χ0n) is 9.31. The van der Waals surface area contributed by atoms with Gasteiger partial charge in [0.15, 0.2) is 0 Å². The molecule has 0 atom stereocenters. The second-order valence-corrected chi connectivity index (χ2v) is 3.86.